The van der Waals surface area contributed by atoms with Gasteiger partial charge in [0.25, 0.3) is 0 Å². The van der Waals surface area contributed by atoms with Gasteiger partial charge in [-0.15, -0.1) is 0 Å². The van der Waals surface area contributed by atoms with Crippen LogP contribution in [0.2, 0.25) is 0 Å². The predicted octanol–water partition coefficient (Wildman–Crippen LogP) is 3.43. The van der Waals surface area contributed by atoms with Crippen LogP contribution in [0.4, 0.5) is 0 Å². The number of nitrogens with zero attached hydrogens (tertiary/aromatic N) is 2. The largest absolute Gasteiger partial charge is 0.192 e. The van der Waals surface area contributed by atoms with Crippen molar-refractivity contribution in [3.05, 3.63) is 46.2 Å². The molecule has 2 nitrogen and oxygen atoms in total. The molecule has 0 saturated carbocycles. The summed E-state index contributed by atoms with van der Waals surface area (Å²) in [5.41, 5.74) is 1.04. The highest BCUT2D eigenvalue weighted by Crippen LogP contribution is 2.16. The van der Waals surface area contributed by atoms with E-state index in [2.05, 4.69) is 0 Å². The van der Waals surface area contributed by atoms with E-state index in [1.165, 1.54) is 0 Å². The lowest BCUT2D eigenvalue weighted by Gasteiger charge is -2.00. The van der Waals surface area contributed by atoms with Crippen molar-refractivity contribution in [3.63, 3.8) is 0 Å². The molecule has 15 heavy (non-hydrogen) atoms. The van der Waals surface area contributed by atoms with Gasteiger partial charge in [-0.1, -0.05) is 24.3 Å². The summed E-state index contributed by atoms with van der Waals surface area (Å²) < 4.78 is 0. The van der Waals surface area contributed by atoms with E-state index in [0.29, 0.717) is 11.1 Å². The number of allylic oxidation sites excluding steroid dienone is 4. The fourth-order valence-corrected chi connectivity index (χ4v) is 1.57. The lowest BCUT2D eigenvalue weighted by molar-refractivity contribution is 1.01. The van der Waals surface area contributed by atoms with Crippen LogP contribution in [0.3, 0.4) is 0 Å². The minimum Gasteiger partial charge on any atom is -0.192 e. The molecule has 0 fully saturated rings. The van der Waals surface area contributed by atoms with Crippen molar-refractivity contribution in [1.29, 1.82) is 10.5 Å². The lowest BCUT2D eigenvalue weighted by atomic mass is 10.0. The molecule has 0 radical (unpaired) electrons. The summed E-state index contributed by atoms with van der Waals surface area (Å²) in [6.45, 7) is 0. The topological polar surface area (TPSA) is 47.6 Å². The smallest absolute Gasteiger partial charge is 0.100 e. The summed E-state index contributed by atoms with van der Waals surface area (Å²) in [6, 6.07) is 7.99. The van der Waals surface area contributed by atoms with E-state index in [1.54, 1.807) is 23.5 Å². The average molecular weight is 214 g/mol. The van der Waals surface area contributed by atoms with Gasteiger partial charge in [0, 0.05) is 0 Å². The van der Waals surface area contributed by atoms with Gasteiger partial charge in [-0.05, 0) is 23.6 Å². The summed E-state index contributed by atoms with van der Waals surface area (Å²) in [5.74, 6) is 0. The molecule has 1 heterocycles. The summed E-state index contributed by atoms with van der Waals surface area (Å²) >= 11 is 1.71. The molecule has 0 aromatic carbocycles. The van der Waals surface area contributed by atoms with E-state index in [4.69, 9.17) is 10.5 Å². The van der Waals surface area contributed by atoms with Crippen molar-refractivity contribution in [3.8, 4) is 12.1 Å². The van der Waals surface area contributed by atoms with Gasteiger partial charge in [-0.2, -0.15) is 21.9 Å². The Kier molecular flexibility index (Phi) is 4.94. The minimum absolute atomic E-state index is 0.522. The molecule has 0 atom stereocenters. The summed E-state index contributed by atoms with van der Waals surface area (Å²) in [7, 11) is 0. The number of nitriles is 2. The Bertz CT molecular complexity index is 380. The molecule has 1 aliphatic rings. The van der Waals surface area contributed by atoms with E-state index in [1.807, 2.05) is 35.0 Å². The van der Waals surface area contributed by atoms with Gasteiger partial charge >= 0.3 is 0 Å². The molecular formula is C12H10N2S. The first-order chi connectivity index (χ1) is 7.38. The normalized spacial score (nSPS) is 13.5. The second-order valence-corrected chi connectivity index (χ2v) is 3.65. The fraction of sp³-hybridized carbons (Fsp3) is 0.167. The molecule has 0 saturated heterocycles. The summed E-state index contributed by atoms with van der Waals surface area (Å²) in [5, 5.41) is 21.0. The SMILES string of the molecule is N#CC1=CCCC=C1C#N.c1ccsc1. The van der Waals surface area contributed by atoms with Gasteiger partial charge < -0.3 is 0 Å². The van der Waals surface area contributed by atoms with Crippen LogP contribution in [0, 0.1) is 22.7 Å². The zero-order valence-electron chi connectivity index (χ0n) is 8.18. The molecule has 74 valence electrons. The van der Waals surface area contributed by atoms with Crippen LogP contribution in [0.25, 0.3) is 0 Å². The maximum absolute atomic E-state index is 8.48. The van der Waals surface area contributed by atoms with E-state index in [9.17, 15) is 0 Å². The second-order valence-electron chi connectivity index (χ2n) is 2.83. The quantitative estimate of drug-likeness (QED) is 0.664. The van der Waals surface area contributed by atoms with Crippen LogP contribution >= 0.6 is 11.3 Å². The van der Waals surface area contributed by atoms with Crippen LogP contribution in [0.5, 0.6) is 0 Å². The van der Waals surface area contributed by atoms with Gasteiger partial charge in [-0.3, -0.25) is 0 Å². The van der Waals surface area contributed by atoms with Crippen molar-refractivity contribution in [2.24, 2.45) is 0 Å². The molecule has 3 heteroatoms. The zero-order valence-corrected chi connectivity index (χ0v) is 9.00. The highest BCUT2D eigenvalue weighted by atomic mass is 32.1. The molecule has 0 aliphatic heterocycles. The Morgan fingerprint density at radius 1 is 0.933 bits per heavy atom. The molecule has 1 aromatic heterocycles. The van der Waals surface area contributed by atoms with Crippen molar-refractivity contribution < 1.29 is 0 Å². The lowest BCUT2D eigenvalue weighted by Crippen LogP contribution is -1.89. The van der Waals surface area contributed by atoms with E-state index < -0.39 is 0 Å². The third kappa shape index (κ3) is 3.81. The maximum atomic E-state index is 8.48. The number of hydrogen-bond acceptors (Lipinski definition) is 3. The predicted molar refractivity (Wildman–Crippen MR) is 60.9 cm³/mol. The van der Waals surface area contributed by atoms with Crippen molar-refractivity contribution in [1.82, 2.24) is 0 Å². The standard InChI is InChI=1S/C8H6N2.C4H4S/c9-5-7-3-1-2-4-8(7)6-10;1-2-4-5-3-1/h3-4H,1-2H2;1-4H. The number of rotatable bonds is 0. The van der Waals surface area contributed by atoms with Gasteiger partial charge in [0.15, 0.2) is 0 Å². The fourth-order valence-electron chi connectivity index (χ4n) is 1.11. The van der Waals surface area contributed by atoms with Crippen LogP contribution < -0.4 is 0 Å². The Labute approximate surface area is 93.4 Å². The highest BCUT2D eigenvalue weighted by Gasteiger charge is 2.05. The van der Waals surface area contributed by atoms with Gasteiger partial charge in [-0.25, -0.2) is 0 Å². The van der Waals surface area contributed by atoms with Crippen LogP contribution in [0.15, 0.2) is 46.2 Å². The Balaban J connectivity index is 0.000000187. The average Bonchev–Trinajstić information content (AvgIpc) is 2.87. The first-order valence-electron chi connectivity index (χ1n) is 4.56. The van der Waals surface area contributed by atoms with Crippen LogP contribution in [-0.2, 0) is 0 Å². The number of thiophene rings is 1. The molecule has 0 unspecified atom stereocenters. The molecule has 1 aromatic rings. The summed E-state index contributed by atoms with van der Waals surface area (Å²) in [6.07, 6.45) is 5.37. The Hall–Kier alpha value is -1.84. The van der Waals surface area contributed by atoms with Crippen LogP contribution in [0.1, 0.15) is 12.8 Å². The molecule has 0 spiro atoms. The maximum Gasteiger partial charge on any atom is 0.100 e. The Morgan fingerprint density at radius 2 is 1.40 bits per heavy atom. The zero-order chi connectivity index (χ0) is 10.9. The molecule has 2 rings (SSSR count). The van der Waals surface area contributed by atoms with E-state index >= 15 is 0 Å². The van der Waals surface area contributed by atoms with Gasteiger partial charge in [0.1, 0.15) is 12.1 Å². The van der Waals surface area contributed by atoms with Crippen LogP contribution in [-0.4, -0.2) is 0 Å². The monoisotopic (exact) mass is 214 g/mol. The van der Waals surface area contributed by atoms with E-state index in [-0.39, 0.29) is 0 Å². The van der Waals surface area contributed by atoms with Gasteiger partial charge in [0.05, 0.1) is 11.1 Å². The highest BCUT2D eigenvalue weighted by molar-refractivity contribution is 7.07. The molecule has 0 amide bonds. The van der Waals surface area contributed by atoms with Gasteiger partial charge in [0.2, 0.25) is 0 Å². The first-order valence-corrected chi connectivity index (χ1v) is 5.51. The third-order valence-electron chi connectivity index (χ3n) is 1.82. The van der Waals surface area contributed by atoms with Crippen molar-refractivity contribution >= 4 is 11.3 Å². The van der Waals surface area contributed by atoms with E-state index in [0.717, 1.165) is 12.8 Å². The molecule has 0 N–H and O–H groups in total. The summed E-state index contributed by atoms with van der Waals surface area (Å²) in [4.78, 5) is 0. The number of hydrogen-bond donors (Lipinski definition) is 0. The van der Waals surface area contributed by atoms with Crippen molar-refractivity contribution in [2.45, 2.75) is 12.8 Å². The molecule has 1 aliphatic carbocycles. The molecular weight excluding hydrogens is 204 g/mol. The first kappa shape index (κ1) is 11.2. The van der Waals surface area contributed by atoms with Crippen molar-refractivity contribution in [2.75, 3.05) is 0 Å². The Morgan fingerprint density at radius 3 is 1.67 bits per heavy atom. The molecule has 0 bridgehead atoms. The minimum atomic E-state index is 0.522. The third-order valence-corrected chi connectivity index (χ3v) is 2.45. The second kappa shape index (κ2) is 6.59.